The van der Waals surface area contributed by atoms with Crippen molar-refractivity contribution in [2.75, 3.05) is 13.7 Å². The lowest BCUT2D eigenvalue weighted by Gasteiger charge is -2.21. The Bertz CT molecular complexity index is 1490. The number of hydrogen-bond acceptors (Lipinski definition) is 3. The molecule has 0 spiro atoms. The SMILES string of the molecule is COc1cc(F)c(C(C)C)cc1-c1ccc(C(F)(F)F)cc1CN1CC(c2cc(C(F)(F)F)cc(C(F)(F)F)c2)OC1=O. The van der Waals surface area contributed by atoms with E-state index >= 15 is 0 Å². The molecule has 3 aromatic rings. The van der Waals surface area contributed by atoms with Crippen LogP contribution in [0.2, 0.25) is 0 Å². The maximum Gasteiger partial charge on any atom is 0.416 e. The largest absolute Gasteiger partial charge is 0.496 e. The fourth-order valence-electron chi connectivity index (χ4n) is 4.74. The van der Waals surface area contributed by atoms with Crippen LogP contribution in [0.25, 0.3) is 11.1 Å². The second-order valence-corrected chi connectivity index (χ2v) is 10.2. The van der Waals surface area contributed by atoms with Gasteiger partial charge in [0, 0.05) is 18.2 Å². The monoisotopic (exact) mass is 623 g/mol. The summed E-state index contributed by atoms with van der Waals surface area (Å²) in [5.74, 6) is -0.964. The average Bonchev–Trinajstić information content (AvgIpc) is 3.26. The lowest BCUT2D eigenvalue weighted by Crippen LogP contribution is -2.24. The second-order valence-electron chi connectivity index (χ2n) is 10.2. The summed E-state index contributed by atoms with van der Waals surface area (Å²) < 4.78 is 146. The van der Waals surface area contributed by atoms with Crippen LogP contribution in [-0.4, -0.2) is 24.6 Å². The smallest absolute Gasteiger partial charge is 0.416 e. The van der Waals surface area contributed by atoms with E-state index in [4.69, 9.17) is 9.47 Å². The van der Waals surface area contributed by atoms with Crippen LogP contribution in [0.15, 0.2) is 48.5 Å². The highest BCUT2D eigenvalue weighted by molar-refractivity contribution is 5.76. The molecule has 1 heterocycles. The van der Waals surface area contributed by atoms with Gasteiger partial charge < -0.3 is 9.47 Å². The van der Waals surface area contributed by atoms with Gasteiger partial charge >= 0.3 is 24.6 Å². The number of ether oxygens (including phenoxy) is 2. The van der Waals surface area contributed by atoms with E-state index in [0.717, 1.165) is 29.2 Å². The van der Waals surface area contributed by atoms with Gasteiger partial charge in [0.2, 0.25) is 0 Å². The number of halogens is 10. The maximum absolute atomic E-state index is 14.7. The number of carbonyl (C=O) groups is 1. The number of nitrogens with zero attached hydrogens (tertiary/aromatic N) is 1. The molecule has 1 aliphatic heterocycles. The van der Waals surface area contributed by atoms with E-state index < -0.39 is 71.9 Å². The van der Waals surface area contributed by atoms with E-state index in [0.29, 0.717) is 12.1 Å². The Balaban J connectivity index is 1.77. The predicted octanol–water partition coefficient (Wildman–Crippen LogP) is 9.37. The summed E-state index contributed by atoms with van der Waals surface area (Å²) in [4.78, 5) is 13.6. The number of cyclic esters (lactones) is 1. The van der Waals surface area contributed by atoms with Gasteiger partial charge in [0.1, 0.15) is 17.7 Å². The van der Waals surface area contributed by atoms with Gasteiger partial charge in [-0.15, -0.1) is 0 Å². The molecule has 1 unspecified atom stereocenters. The normalized spacial score (nSPS) is 16.2. The molecule has 1 amide bonds. The number of alkyl halides is 9. The second kappa shape index (κ2) is 11.3. The summed E-state index contributed by atoms with van der Waals surface area (Å²) in [6.45, 7) is 2.25. The van der Waals surface area contributed by atoms with Gasteiger partial charge in [-0.2, -0.15) is 39.5 Å². The van der Waals surface area contributed by atoms with Crippen LogP contribution in [-0.2, 0) is 29.8 Å². The quantitative estimate of drug-likeness (QED) is 0.257. The van der Waals surface area contributed by atoms with E-state index in [9.17, 15) is 48.7 Å². The first-order chi connectivity index (χ1) is 19.8. The van der Waals surface area contributed by atoms with Crippen molar-refractivity contribution in [3.8, 4) is 16.9 Å². The van der Waals surface area contributed by atoms with E-state index in [-0.39, 0.29) is 40.0 Å². The van der Waals surface area contributed by atoms with Crippen molar-refractivity contribution in [3.63, 3.8) is 0 Å². The molecular weight excluding hydrogens is 600 g/mol. The Morgan fingerprint density at radius 2 is 1.42 bits per heavy atom. The third-order valence-electron chi connectivity index (χ3n) is 6.89. The Morgan fingerprint density at radius 1 is 0.837 bits per heavy atom. The molecule has 4 nitrogen and oxygen atoms in total. The van der Waals surface area contributed by atoms with Crippen molar-refractivity contribution in [3.05, 3.63) is 87.7 Å². The number of benzene rings is 3. The van der Waals surface area contributed by atoms with Crippen LogP contribution in [0.3, 0.4) is 0 Å². The predicted molar refractivity (Wildman–Crippen MR) is 134 cm³/mol. The van der Waals surface area contributed by atoms with Gasteiger partial charge in [-0.25, -0.2) is 9.18 Å². The average molecular weight is 623 g/mol. The lowest BCUT2D eigenvalue weighted by molar-refractivity contribution is -0.143. The van der Waals surface area contributed by atoms with Crippen molar-refractivity contribution in [1.29, 1.82) is 0 Å². The van der Waals surface area contributed by atoms with Gasteiger partial charge in [0.15, 0.2) is 0 Å². The third-order valence-corrected chi connectivity index (χ3v) is 6.89. The summed E-state index contributed by atoms with van der Waals surface area (Å²) in [7, 11) is 1.23. The number of hydrogen-bond donors (Lipinski definition) is 0. The minimum Gasteiger partial charge on any atom is -0.496 e. The molecule has 3 aromatic carbocycles. The van der Waals surface area contributed by atoms with Crippen LogP contribution in [0.1, 0.15) is 59.3 Å². The van der Waals surface area contributed by atoms with Crippen LogP contribution in [0.5, 0.6) is 5.75 Å². The summed E-state index contributed by atoms with van der Waals surface area (Å²) in [5, 5.41) is 0. The van der Waals surface area contributed by atoms with E-state index in [2.05, 4.69) is 0 Å². The molecule has 0 aromatic heterocycles. The summed E-state index contributed by atoms with van der Waals surface area (Å²) in [5.41, 5.74) is -4.46. The Hall–Kier alpha value is -3.97. The zero-order valence-electron chi connectivity index (χ0n) is 22.6. The minimum absolute atomic E-state index is 0.0200. The molecule has 0 aliphatic carbocycles. The highest BCUT2D eigenvalue weighted by Crippen LogP contribution is 2.42. The number of carbonyl (C=O) groups excluding carboxylic acids is 1. The molecular formula is C29H23F10NO3. The number of rotatable bonds is 6. The molecule has 1 aliphatic rings. The van der Waals surface area contributed by atoms with Crippen molar-refractivity contribution in [1.82, 2.24) is 4.90 Å². The van der Waals surface area contributed by atoms with Gasteiger partial charge in [0.25, 0.3) is 0 Å². The first-order valence-electron chi connectivity index (χ1n) is 12.6. The molecule has 43 heavy (non-hydrogen) atoms. The fourth-order valence-corrected chi connectivity index (χ4v) is 4.74. The standard InChI is InChI=1S/C29H23F10NO3/c1-14(2)21-10-22(24(42-3)11-23(21)30)20-5-4-17(27(31,32)33)8-16(20)12-40-13-25(43-26(40)41)15-6-18(28(34,35)36)9-19(7-15)29(37,38)39/h4-11,14,25H,12-13H2,1-3H3. The Labute approximate surface area is 238 Å². The molecule has 1 atom stereocenters. The van der Waals surface area contributed by atoms with Crippen LogP contribution >= 0.6 is 0 Å². The van der Waals surface area contributed by atoms with Crippen molar-refractivity contribution in [2.45, 2.75) is 50.9 Å². The van der Waals surface area contributed by atoms with Crippen LogP contribution in [0.4, 0.5) is 48.7 Å². The number of methoxy groups -OCH3 is 1. The molecule has 4 rings (SSSR count). The zero-order valence-corrected chi connectivity index (χ0v) is 22.6. The lowest BCUT2D eigenvalue weighted by atomic mass is 9.92. The third kappa shape index (κ3) is 6.83. The zero-order chi connectivity index (χ0) is 32.1. The first kappa shape index (κ1) is 32.0. The van der Waals surface area contributed by atoms with Crippen LogP contribution < -0.4 is 4.74 Å². The van der Waals surface area contributed by atoms with E-state index in [1.54, 1.807) is 13.8 Å². The van der Waals surface area contributed by atoms with Gasteiger partial charge in [-0.1, -0.05) is 19.9 Å². The fraction of sp³-hybridized carbons (Fsp3) is 0.345. The van der Waals surface area contributed by atoms with Crippen LogP contribution in [0, 0.1) is 5.82 Å². The highest BCUT2D eigenvalue weighted by atomic mass is 19.4. The van der Waals surface area contributed by atoms with Gasteiger partial charge in [-0.05, 0) is 64.6 Å². The highest BCUT2D eigenvalue weighted by Gasteiger charge is 2.40. The molecule has 232 valence electrons. The number of amides is 1. The van der Waals surface area contributed by atoms with Crippen molar-refractivity contribution >= 4 is 6.09 Å². The van der Waals surface area contributed by atoms with E-state index in [1.807, 2.05) is 0 Å². The van der Waals surface area contributed by atoms with E-state index in [1.165, 1.54) is 13.2 Å². The molecule has 0 N–H and O–H groups in total. The molecule has 0 radical (unpaired) electrons. The van der Waals surface area contributed by atoms with Gasteiger partial charge in [-0.3, -0.25) is 4.90 Å². The molecule has 1 saturated heterocycles. The molecule has 0 saturated carbocycles. The van der Waals surface area contributed by atoms with Gasteiger partial charge in [0.05, 0.1) is 30.3 Å². The topological polar surface area (TPSA) is 38.8 Å². The first-order valence-corrected chi connectivity index (χ1v) is 12.6. The summed E-state index contributed by atoms with van der Waals surface area (Å²) in [6.07, 6.45) is -17.8. The molecule has 0 bridgehead atoms. The Kier molecular flexibility index (Phi) is 8.37. The molecule has 1 fully saturated rings. The van der Waals surface area contributed by atoms with Crippen molar-refractivity contribution < 1.29 is 58.2 Å². The minimum atomic E-state index is -5.14. The summed E-state index contributed by atoms with van der Waals surface area (Å²) in [6, 6.07) is 5.87. The van der Waals surface area contributed by atoms with Crippen molar-refractivity contribution in [2.24, 2.45) is 0 Å². The Morgan fingerprint density at radius 3 is 1.93 bits per heavy atom. The maximum atomic E-state index is 14.7. The summed E-state index contributed by atoms with van der Waals surface area (Å²) >= 11 is 0. The molecule has 14 heteroatoms.